The second kappa shape index (κ2) is 6.48. The predicted octanol–water partition coefficient (Wildman–Crippen LogP) is 3.80. The van der Waals surface area contributed by atoms with Crippen molar-refractivity contribution in [2.24, 2.45) is 0 Å². The first-order valence-corrected chi connectivity index (χ1v) is 8.65. The first-order chi connectivity index (χ1) is 10.9. The second-order valence-electron chi connectivity index (χ2n) is 7.53. The van der Waals surface area contributed by atoms with E-state index in [2.05, 4.69) is 16.4 Å². The maximum Gasteiger partial charge on any atom is 0.416 e. The lowest BCUT2D eigenvalue weighted by molar-refractivity contribution is 0.0548. The number of hydrogen-bond acceptors (Lipinski definition) is 4. The Bertz CT molecular complexity index is 540. The van der Waals surface area contributed by atoms with Gasteiger partial charge in [-0.15, -0.1) is 0 Å². The van der Waals surface area contributed by atoms with Crippen molar-refractivity contribution in [3.8, 4) is 0 Å². The van der Waals surface area contributed by atoms with E-state index >= 15 is 0 Å². The van der Waals surface area contributed by atoms with Gasteiger partial charge >= 0.3 is 6.09 Å². The standard InChI is InChI=1S/C18H27N3O2/c1-18(2,3)23-17(22)21(14-6-4-7-14)16-10-9-13(12-20-16)15-8-5-11-19-15/h9-10,12,14-15,19H,4-8,11H2,1-3H3. The van der Waals surface area contributed by atoms with E-state index in [0.29, 0.717) is 11.9 Å². The fraction of sp³-hybridized carbons (Fsp3) is 0.667. The summed E-state index contributed by atoms with van der Waals surface area (Å²) in [7, 11) is 0. The van der Waals surface area contributed by atoms with E-state index in [1.54, 1.807) is 4.90 Å². The van der Waals surface area contributed by atoms with Crippen LogP contribution in [0.15, 0.2) is 18.3 Å². The van der Waals surface area contributed by atoms with Gasteiger partial charge in [0.05, 0.1) is 0 Å². The quantitative estimate of drug-likeness (QED) is 0.921. The summed E-state index contributed by atoms with van der Waals surface area (Å²) < 4.78 is 5.58. The molecule has 1 saturated carbocycles. The van der Waals surface area contributed by atoms with Crippen molar-refractivity contribution < 1.29 is 9.53 Å². The van der Waals surface area contributed by atoms with Gasteiger partial charge in [0.1, 0.15) is 11.4 Å². The van der Waals surface area contributed by atoms with Crippen molar-refractivity contribution in [3.05, 3.63) is 23.9 Å². The Hall–Kier alpha value is -1.62. The Morgan fingerprint density at radius 1 is 1.26 bits per heavy atom. The summed E-state index contributed by atoms with van der Waals surface area (Å²) in [5.41, 5.74) is 0.705. The highest BCUT2D eigenvalue weighted by Crippen LogP contribution is 2.31. The number of carbonyl (C=O) groups is 1. The van der Waals surface area contributed by atoms with Crippen LogP contribution in [0.25, 0.3) is 0 Å². The summed E-state index contributed by atoms with van der Waals surface area (Å²) in [5, 5.41) is 3.48. The molecule has 126 valence electrons. The largest absolute Gasteiger partial charge is 0.443 e. The van der Waals surface area contributed by atoms with E-state index in [-0.39, 0.29) is 12.1 Å². The van der Waals surface area contributed by atoms with Crippen molar-refractivity contribution in [1.29, 1.82) is 0 Å². The number of ether oxygens (including phenoxy) is 1. The van der Waals surface area contributed by atoms with Crippen LogP contribution >= 0.6 is 0 Å². The van der Waals surface area contributed by atoms with Crippen molar-refractivity contribution in [3.63, 3.8) is 0 Å². The number of aromatic nitrogens is 1. The van der Waals surface area contributed by atoms with Gasteiger partial charge in [0.25, 0.3) is 0 Å². The van der Waals surface area contributed by atoms with Gasteiger partial charge in [-0.2, -0.15) is 0 Å². The minimum Gasteiger partial charge on any atom is -0.443 e. The number of amides is 1. The monoisotopic (exact) mass is 317 g/mol. The molecule has 1 aromatic heterocycles. The smallest absolute Gasteiger partial charge is 0.416 e. The number of carbonyl (C=O) groups excluding carboxylic acids is 1. The SMILES string of the molecule is CC(C)(C)OC(=O)N(c1ccc(C2CCCN2)cn1)C1CCC1. The maximum absolute atomic E-state index is 12.6. The first-order valence-electron chi connectivity index (χ1n) is 8.65. The number of hydrogen-bond donors (Lipinski definition) is 1. The molecule has 5 heteroatoms. The lowest BCUT2D eigenvalue weighted by atomic mass is 9.91. The van der Waals surface area contributed by atoms with Crippen LogP contribution in [0.3, 0.4) is 0 Å². The zero-order valence-corrected chi connectivity index (χ0v) is 14.3. The van der Waals surface area contributed by atoms with Crippen molar-refractivity contribution in [2.75, 3.05) is 11.4 Å². The Morgan fingerprint density at radius 2 is 2.04 bits per heavy atom. The van der Waals surface area contributed by atoms with Crippen molar-refractivity contribution in [1.82, 2.24) is 10.3 Å². The molecule has 0 radical (unpaired) electrons. The lowest BCUT2D eigenvalue weighted by Crippen LogP contribution is -2.47. The molecule has 1 aliphatic carbocycles. The van der Waals surface area contributed by atoms with Crippen LogP contribution in [0.1, 0.15) is 64.5 Å². The highest BCUT2D eigenvalue weighted by atomic mass is 16.6. The zero-order chi connectivity index (χ0) is 16.4. The molecule has 2 aliphatic rings. The van der Waals surface area contributed by atoms with Crippen LogP contribution in [0.5, 0.6) is 0 Å². The molecule has 0 bridgehead atoms. The average molecular weight is 317 g/mol. The molecule has 2 fully saturated rings. The zero-order valence-electron chi connectivity index (χ0n) is 14.3. The summed E-state index contributed by atoms with van der Waals surface area (Å²) >= 11 is 0. The van der Waals surface area contributed by atoms with Crippen LogP contribution < -0.4 is 10.2 Å². The first kappa shape index (κ1) is 16.2. The van der Waals surface area contributed by atoms with Crippen molar-refractivity contribution in [2.45, 2.75) is 70.6 Å². The molecular weight excluding hydrogens is 290 g/mol. The van der Waals surface area contributed by atoms with Crippen LogP contribution in [-0.2, 0) is 4.74 Å². The van der Waals surface area contributed by atoms with E-state index < -0.39 is 5.60 Å². The third kappa shape index (κ3) is 3.83. The Morgan fingerprint density at radius 3 is 2.52 bits per heavy atom. The maximum atomic E-state index is 12.6. The van der Waals surface area contributed by atoms with E-state index in [1.165, 1.54) is 12.0 Å². The number of nitrogens with one attached hydrogen (secondary N) is 1. The number of pyridine rings is 1. The summed E-state index contributed by atoms with van der Waals surface area (Å²) in [4.78, 5) is 18.9. The highest BCUT2D eigenvalue weighted by molar-refractivity contribution is 5.87. The van der Waals surface area contributed by atoms with Crippen molar-refractivity contribution >= 4 is 11.9 Å². The summed E-state index contributed by atoms with van der Waals surface area (Å²) in [6.07, 6.45) is 7.17. The average Bonchev–Trinajstić information content (AvgIpc) is 2.95. The highest BCUT2D eigenvalue weighted by Gasteiger charge is 2.34. The summed E-state index contributed by atoms with van der Waals surface area (Å²) in [6.45, 7) is 6.75. The topological polar surface area (TPSA) is 54.5 Å². The van der Waals surface area contributed by atoms with Crippen LogP contribution in [0.4, 0.5) is 10.6 Å². The van der Waals surface area contributed by atoms with Crippen LogP contribution in [-0.4, -0.2) is 29.3 Å². The fourth-order valence-electron chi connectivity index (χ4n) is 3.10. The number of anilines is 1. The minimum absolute atomic E-state index is 0.216. The van der Waals surface area contributed by atoms with Gasteiger partial charge in [-0.3, -0.25) is 4.90 Å². The van der Waals surface area contributed by atoms with E-state index in [1.807, 2.05) is 33.0 Å². The Labute approximate surface area is 138 Å². The molecule has 1 unspecified atom stereocenters. The Kier molecular flexibility index (Phi) is 4.57. The molecule has 0 spiro atoms. The molecular formula is C18H27N3O2. The molecule has 1 amide bonds. The molecule has 3 rings (SSSR count). The van der Waals surface area contributed by atoms with Gasteiger partial charge in [0.2, 0.25) is 0 Å². The number of rotatable bonds is 3. The van der Waals surface area contributed by atoms with E-state index in [4.69, 9.17) is 4.74 Å². The lowest BCUT2D eigenvalue weighted by Gasteiger charge is -2.37. The normalized spacial score (nSPS) is 21.8. The second-order valence-corrected chi connectivity index (χ2v) is 7.53. The van der Waals surface area contributed by atoms with Gasteiger partial charge in [0.15, 0.2) is 0 Å². The minimum atomic E-state index is -0.493. The molecule has 1 atom stereocenters. The summed E-state index contributed by atoms with van der Waals surface area (Å²) in [5.74, 6) is 0.700. The molecule has 1 N–H and O–H groups in total. The van der Waals surface area contributed by atoms with Gasteiger partial charge in [0, 0.05) is 18.3 Å². The predicted molar refractivity (Wildman–Crippen MR) is 90.6 cm³/mol. The molecule has 0 aromatic carbocycles. The van der Waals surface area contributed by atoms with Crippen LogP contribution in [0.2, 0.25) is 0 Å². The molecule has 2 heterocycles. The molecule has 1 aromatic rings. The van der Waals surface area contributed by atoms with Gasteiger partial charge in [-0.05, 0) is 71.0 Å². The van der Waals surface area contributed by atoms with Crippen LogP contribution in [0, 0.1) is 0 Å². The molecule has 5 nitrogen and oxygen atoms in total. The van der Waals surface area contributed by atoms with E-state index in [9.17, 15) is 4.79 Å². The van der Waals surface area contributed by atoms with Gasteiger partial charge < -0.3 is 10.1 Å². The fourth-order valence-corrected chi connectivity index (χ4v) is 3.10. The number of nitrogens with zero attached hydrogens (tertiary/aromatic N) is 2. The molecule has 1 saturated heterocycles. The third-order valence-corrected chi connectivity index (χ3v) is 4.51. The molecule has 23 heavy (non-hydrogen) atoms. The van der Waals surface area contributed by atoms with Gasteiger partial charge in [-0.1, -0.05) is 6.07 Å². The van der Waals surface area contributed by atoms with Gasteiger partial charge in [-0.25, -0.2) is 9.78 Å². The molecule has 1 aliphatic heterocycles. The summed E-state index contributed by atoms with van der Waals surface area (Å²) in [6, 6.07) is 4.65. The third-order valence-electron chi connectivity index (χ3n) is 4.51. The Balaban J connectivity index is 1.77. The van der Waals surface area contributed by atoms with E-state index in [0.717, 1.165) is 32.2 Å².